The molecule has 1 N–H and O–H groups in total. The number of rotatable bonds is 5. The summed E-state index contributed by atoms with van der Waals surface area (Å²) in [5, 5.41) is 14.6. The highest BCUT2D eigenvalue weighted by atomic mass is 16.6. The number of pyridine rings is 1. The van der Waals surface area contributed by atoms with E-state index < -0.39 is 0 Å². The molecule has 0 radical (unpaired) electrons. The average molecular weight is 278 g/mol. The molecule has 0 aromatic carbocycles. The van der Waals surface area contributed by atoms with Crippen LogP contribution in [0.15, 0.2) is 12.3 Å². The molecule has 1 fully saturated rings. The lowest BCUT2D eigenvalue weighted by Crippen LogP contribution is -2.36. The van der Waals surface area contributed by atoms with E-state index in [0.717, 1.165) is 44.6 Å². The van der Waals surface area contributed by atoms with E-state index >= 15 is 0 Å². The molecule has 0 amide bonds. The lowest BCUT2D eigenvalue weighted by Gasteiger charge is -2.29. The molecule has 2 heterocycles. The highest BCUT2D eigenvalue weighted by Gasteiger charge is 2.23. The van der Waals surface area contributed by atoms with Crippen LogP contribution >= 0.6 is 0 Å². The van der Waals surface area contributed by atoms with E-state index in [-0.39, 0.29) is 10.6 Å². The quantitative estimate of drug-likeness (QED) is 0.660. The third-order valence-electron chi connectivity index (χ3n) is 3.80. The Bertz CT molecular complexity index is 472. The Kier molecular flexibility index (Phi) is 4.89. The van der Waals surface area contributed by atoms with Crippen LogP contribution in [0.1, 0.15) is 25.3 Å². The molecule has 1 saturated heterocycles. The van der Waals surface area contributed by atoms with Gasteiger partial charge in [0.05, 0.1) is 4.92 Å². The van der Waals surface area contributed by atoms with Gasteiger partial charge in [0.2, 0.25) is 5.82 Å². The summed E-state index contributed by atoms with van der Waals surface area (Å²) in [6.07, 6.45) is 3.94. The lowest BCUT2D eigenvalue weighted by atomic mass is 9.97. The second-order valence-electron chi connectivity index (χ2n) is 5.34. The van der Waals surface area contributed by atoms with E-state index in [9.17, 15) is 10.1 Å². The second-order valence-corrected chi connectivity index (χ2v) is 5.34. The Balaban J connectivity index is 2.19. The minimum absolute atomic E-state index is 0.112. The third-order valence-corrected chi connectivity index (χ3v) is 3.80. The monoisotopic (exact) mass is 278 g/mol. The molecule has 110 valence electrons. The fourth-order valence-electron chi connectivity index (χ4n) is 2.67. The second kappa shape index (κ2) is 6.65. The molecule has 6 nitrogen and oxygen atoms in total. The summed E-state index contributed by atoms with van der Waals surface area (Å²) in [5.41, 5.74) is 0.930. The molecule has 0 unspecified atom stereocenters. The summed E-state index contributed by atoms with van der Waals surface area (Å²) in [5.74, 6) is 1.08. The van der Waals surface area contributed by atoms with E-state index in [4.69, 9.17) is 0 Å². The van der Waals surface area contributed by atoms with Crippen molar-refractivity contribution in [1.82, 2.24) is 10.3 Å². The van der Waals surface area contributed by atoms with Gasteiger partial charge in [-0.1, -0.05) is 0 Å². The van der Waals surface area contributed by atoms with Crippen molar-refractivity contribution in [3.8, 4) is 0 Å². The summed E-state index contributed by atoms with van der Waals surface area (Å²) < 4.78 is 0. The molecule has 0 bridgehead atoms. The van der Waals surface area contributed by atoms with E-state index in [1.807, 2.05) is 18.7 Å². The topological polar surface area (TPSA) is 71.3 Å². The Morgan fingerprint density at radius 2 is 2.20 bits per heavy atom. The van der Waals surface area contributed by atoms with Crippen LogP contribution in [0, 0.1) is 23.0 Å². The average Bonchev–Trinajstić information content (AvgIpc) is 2.46. The van der Waals surface area contributed by atoms with Gasteiger partial charge in [-0.05, 0) is 51.3 Å². The van der Waals surface area contributed by atoms with Crippen LogP contribution in [0.2, 0.25) is 0 Å². The highest BCUT2D eigenvalue weighted by molar-refractivity contribution is 5.58. The summed E-state index contributed by atoms with van der Waals surface area (Å²) >= 11 is 0. The highest BCUT2D eigenvalue weighted by Crippen LogP contribution is 2.28. The van der Waals surface area contributed by atoms with Crippen molar-refractivity contribution in [2.45, 2.75) is 26.7 Å². The Morgan fingerprint density at radius 1 is 1.50 bits per heavy atom. The van der Waals surface area contributed by atoms with Crippen molar-refractivity contribution in [1.29, 1.82) is 0 Å². The molecule has 0 spiro atoms. The van der Waals surface area contributed by atoms with Gasteiger partial charge in [-0.2, -0.15) is 0 Å². The first-order valence-electron chi connectivity index (χ1n) is 7.18. The van der Waals surface area contributed by atoms with Gasteiger partial charge in [-0.15, -0.1) is 0 Å². The zero-order chi connectivity index (χ0) is 14.5. The van der Waals surface area contributed by atoms with Gasteiger partial charge in [0, 0.05) is 25.4 Å². The van der Waals surface area contributed by atoms with E-state index in [2.05, 4.69) is 10.3 Å². The Hall–Kier alpha value is -1.69. The maximum atomic E-state index is 11.2. The number of aryl methyl sites for hydroxylation is 1. The molecular weight excluding hydrogens is 256 g/mol. The third kappa shape index (κ3) is 3.45. The zero-order valence-electron chi connectivity index (χ0n) is 12.1. The smallest absolute Gasteiger partial charge is 0.311 e. The maximum absolute atomic E-state index is 11.2. The van der Waals surface area contributed by atoms with Crippen molar-refractivity contribution in [3.63, 3.8) is 0 Å². The summed E-state index contributed by atoms with van der Waals surface area (Å²) in [6.45, 7) is 7.49. The molecule has 0 atom stereocenters. The van der Waals surface area contributed by atoms with Gasteiger partial charge in [0.25, 0.3) is 0 Å². The predicted molar refractivity (Wildman–Crippen MR) is 79.1 cm³/mol. The van der Waals surface area contributed by atoms with Gasteiger partial charge >= 0.3 is 5.69 Å². The minimum Gasteiger partial charge on any atom is -0.351 e. The number of piperidine rings is 1. The first-order chi connectivity index (χ1) is 9.61. The molecule has 2 rings (SSSR count). The van der Waals surface area contributed by atoms with Gasteiger partial charge < -0.3 is 10.2 Å². The molecule has 1 aromatic heterocycles. The van der Waals surface area contributed by atoms with Gasteiger partial charge in [0.1, 0.15) is 0 Å². The molecule has 1 aliphatic rings. The zero-order valence-corrected chi connectivity index (χ0v) is 12.1. The normalized spacial score (nSPS) is 16.1. The van der Waals surface area contributed by atoms with Gasteiger partial charge in [0.15, 0.2) is 0 Å². The standard InChI is InChI=1S/C14H22N4O2/c1-3-17(10-12-4-6-15-7-5-12)14-13(18(19)20)8-11(2)9-16-14/h8-9,12,15H,3-7,10H2,1-2H3. The van der Waals surface area contributed by atoms with Crippen LogP contribution in [0.3, 0.4) is 0 Å². The lowest BCUT2D eigenvalue weighted by molar-refractivity contribution is -0.384. The molecule has 0 saturated carbocycles. The first kappa shape index (κ1) is 14.7. The van der Waals surface area contributed by atoms with Crippen molar-refractivity contribution in [3.05, 3.63) is 27.9 Å². The van der Waals surface area contributed by atoms with E-state index in [1.165, 1.54) is 0 Å². The summed E-state index contributed by atoms with van der Waals surface area (Å²) in [6, 6.07) is 1.60. The number of hydrogen-bond acceptors (Lipinski definition) is 5. The molecule has 6 heteroatoms. The van der Waals surface area contributed by atoms with Crippen molar-refractivity contribution in [2.24, 2.45) is 5.92 Å². The Morgan fingerprint density at radius 3 is 2.80 bits per heavy atom. The number of nitro groups is 1. The minimum atomic E-state index is -0.333. The molecule has 1 aromatic rings. The van der Waals surface area contributed by atoms with Crippen LogP contribution in [-0.4, -0.2) is 36.1 Å². The van der Waals surface area contributed by atoms with Crippen molar-refractivity contribution < 1.29 is 4.92 Å². The van der Waals surface area contributed by atoms with Gasteiger partial charge in [-0.3, -0.25) is 10.1 Å². The number of aromatic nitrogens is 1. The van der Waals surface area contributed by atoms with Gasteiger partial charge in [-0.25, -0.2) is 4.98 Å². The van der Waals surface area contributed by atoms with Crippen LogP contribution < -0.4 is 10.2 Å². The van der Waals surface area contributed by atoms with Crippen LogP contribution in [-0.2, 0) is 0 Å². The maximum Gasteiger partial charge on any atom is 0.311 e. The van der Waals surface area contributed by atoms with Crippen LogP contribution in [0.4, 0.5) is 11.5 Å². The SMILES string of the molecule is CCN(CC1CCNCC1)c1ncc(C)cc1[N+](=O)[O-]. The summed E-state index contributed by atoms with van der Waals surface area (Å²) in [7, 11) is 0. The van der Waals surface area contributed by atoms with E-state index in [1.54, 1.807) is 12.3 Å². The largest absolute Gasteiger partial charge is 0.351 e. The molecule has 1 aliphatic heterocycles. The fourth-order valence-corrected chi connectivity index (χ4v) is 2.67. The number of hydrogen-bond donors (Lipinski definition) is 1. The number of anilines is 1. The van der Waals surface area contributed by atoms with Crippen molar-refractivity contribution in [2.75, 3.05) is 31.1 Å². The summed E-state index contributed by atoms with van der Waals surface area (Å²) in [4.78, 5) is 17.2. The van der Waals surface area contributed by atoms with E-state index in [0.29, 0.717) is 11.7 Å². The fraction of sp³-hybridized carbons (Fsp3) is 0.643. The van der Waals surface area contributed by atoms with Crippen LogP contribution in [0.25, 0.3) is 0 Å². The molecular formula is C14H22N4O2. The Labute approximate surface area is 119 Å². The molecule has 20 heavy (non-hydrogen) atoms. The predicted octanol–water partition coefficient (Wildman–Crippen LogP) is 2.12. The van der Waals surface area contributed by atoms with Crippen LogP contribution in [0.5, 0.6) is 0 Å². The molecule has 0 aliphatic carbocycles. The number of nitrogens with one attached hydrogen (secondary N) is 1. The first-order valence-corrected chi connectivity index (χ1v) is 7.18. The number of nitrogens with zero attached hydrogens (tertiary/aromatic N) is 3. The van der Waals surface area contributed by atoms with Crippen molar-refractivity contribution >= 4 is 11.5 Å².